The second-order valence-electron chi connectivity index (χ2n) is 3.79. The third-order valence-electron chi connectivity index (χ3n) is 2.48. The van der Waals surface area contributed by atoms with E-state index in [1.165, 1.54) is 4.31 Å². The minimum atomic E-state index is -3.51. The molecule has 0 spiro atoms. The summed E-state index contributed by atoms with van der Waals surface area (Å²) in [5, 5.41) is 4.00. The number of ether oxygens (including phenoxy) is 1. The Morgan fingerprint density at radius 3 is 2.44 bits per heavy atom. The molecule has 2 rings (SSSR count). The molecule has 0 aliphatic carbocycles. The van der Waals surface area contributed by atoms with Gasteiger partial charge in [0.2, 0.25) is 0 Å². The molecule has 1 aliphatic rings. The highest BCUT2D eigenvalue weighted by molar-refractivity contribution is 7.87. The molecule has 1 saturated heterocycles. The second kappa shape index (κ2) is 4.15. The van der Waals surface area contributed by atoms with Gasteiger partial charge in [-0.1, -0.05) is 0 Å². The van der Waals surface area contributed by atoms with Crippen molar-refractivity contribution in [1.82, 2.24) is 13.5 Å². The highest BCUT2D eigenvalue weighted by atomic mass is 32.2. The lowest BCUT2D eigenvalue weighted by Gasteiger charge is -2.25. The first-order chi connectivity index (χ1) is 7.51. The quantitative estimate of drug-likeness (QED) is 0.731. The van der Waals surface area contributed by atoms with Crippen molar-refractivity contribution in [2.75, 3.05) is 26.3 Å². The molecule has 0 amide bonds. The monoisotopic (exact) mass is 245 g/mol. The van der Waals surface area contributed by atoms with Crippen molar-refractivity contribution in [2.24, 2.45) is 0 Å². The van der Waals surface area contributed by atoms with Crippen LogP contribution in [0.2, 0.25) is 0 Å². The molecule has 0 aromatic carbocycles. The van der Waals surface area contributed by atoms with Crippen molar-refractivity contribution in [3.05, 3.63) is 17.5 Å². The summed E-state index contributed by atoms with van der Waals surface area (Å²) in [4.78, 5) is 0. The van der Waals surface area contributed by atoms with E-state index < -0.39 is 10.2 Å². The molecule has 0 bridgehead atoms. The smallest absolute Gasteiger partial charge is 0.323 e. The van der Waals surface area contributed by atoms with Gasteiger partial charge in [0.25, 0.3) is 0 Å². The van der Waals surface area contributed by atoms with Gasteiger partial charge < -0.3 is 4.74 Å². The molecule has 90 valence electrons. The molecule has 1 aromatic rings. The molecule has 6 nitrogen and oxygen atoms in total. The van der Waals surface area contributed by atoms with Crippen LogP contribution in [-0.2, 0) is 14.9 Å². The van der Waals surface area contributed by atoms with Crippen LogP contribution in [-0.4, -0.2) is 48.2 Å². The highest BCUT2D eigenvalue weighted by Crippen LogP contribution is 2.11. The maximum Gasteiger partial charge on any atom is 0.323 e. The van der Waals surface area contributed by atoms with Crippen LogP contribution >= 0.6 is 0 Å². The van der Waals surface area contributed by atoms with Gasteiger partial charge in [-0.05, 0) is 19.9 Å². The lowest BCUT2D eigenvalue weighted by Crippen LogP contribution is -2.44. The summed E-state index contributed by atoms with van der Waals surface area (Å²) >= 11 is 0. The summed E-state index contributed by atoms with van der Waals surface area (Å²) in [5.41, 5.74) is 1.33. The van der Waals surface area contributed by atoms with E-state index in [4.69, 9.17) is 4.74 Å². The normalized spacial score (nSPS) is 18.9. The predicted octanol–water partition coefficient (Wildman–Crippen LogP) is -0.0750. The average Bonchev–Trinajstić information content (AvgIpc) is 2.60. The van der Waals surface area contributed by atoms with Crippen molar-refractivity contribution in [3.8, 4) is 0 Å². The topological polar surface area (TPSA) is 64.4 Å². The van der Waals surface area contributed by atoms with E-state index in [9.17, 15) is 8.42 Å². The average molecular weight is 245 g/mol. The van der Waals surface area contributed by atoms with E-state index in [2.05, 4.69) is 5.10 Å². The number of rotatable bonds is 2. The highest BCUT2D eigenvalue weighted by Gasteiger charge is 2.27. The third kappa shape index (κ3) is 1.98. The zero-order valence-corrected chi connectivity index (χ0v) is 10.2. The largest absolute Gasteiger partial charge is 0.379 e. The van der Waals surface area contributed by atoms with Crippen LogP contribution < -0.4 is 0 Å². The van der Waals surface area contributed by atoms with Crippen molar-refractivity contribution < 1.29 is 13.2 Å². The number of nitrogens with zero attached hydrogens (tertiary/aromatic N) is 3. The fourth-order valence-electron chi connectivity index (χ4n) is 1.73. The first-order valence-electron chi connectivity index (χ1n) is 5.13. The second-order valence-corrected chi connectivity index (χ2v) is 5.55. The number of morpholine rings is 1. The fraction of sp³-hybridized carbons (Fsp3) is 0.667. The Morgan fingerprint density at radius 1 is 1.31 bits per heavy atom. The van der Waals surface area contributed by atoms with Gasteiger partial charge in [0.15, 0.2) is 0 Å². The Labute approximate surface area is 95.0 Å². The van der Waals surface area contributed by atoms with Gasteiger partial charge in [-0.2, -0.15) is 17.8 Å². The number of hydrogen-bond acceptors (Lipinski definition) is 4. The fourth-order valence-corrected chi connectivity index (χ4v) is 3.21. The van der Waals surface area contributed by atoms with Gasteiger partial charge in [-0.15, -0.1) is 4.09 Å². The van der Waals surface area contributed by atoms with Crippen LogP contribution in [0.3, 0.4) is 0 Å². The van der Waals surface area contributed by atoms with Crippen molar-refractivity contribution in [3.63, 3.8) is 0 Å². The summed E-state index contributed by atoms with van der Waals surface area (Å²) in [7, 11) is -3.51. The van der Waals surface area contributed by atoms with Crippen LogP contribution in [0.5, 0.6) is 0 Å². The molecule has 16 heavy (non-hydrogen) atoms. The Kier molecular flexibility index (Phi) is 3.00. The third-order valence-corrected chi connectivity index (χ3v) is 4.31. The van der Waals surface area contributed by atoms with Gasteiger partial charge in [-0.25, -0.2) is 0 Å². The van der Waals surface area contributed by atoms with Gasteiger partial charge in [-0.3, -0.25) is 0 Å². The van der Waals surface area contributed by atoms with E-state index >= 15 is 0 Å². The van der Waals surface area contributed by atoms with Crippen LogP contribution in [0.4, 0.5) is 0 Å². The van der Waals surface area contributed by atoms with Crippen molar-refractivity contribution in [1.29, 1.82) is 0 Å². The molecular weight excluding hydrogens is 230 g/mol. The molecular formula is C9H15N3O3S. The summed E-state index contributed by atoms with van der Waals surface area (Å²) < 4.78 is 32.0. The molecule has 1 aliphatic heterocycles. The van der Waals surface area contributed by atoms with Crippen molar-refractivity contribution >= 4 is 10.2 Å². The van der Waals surface area contributed by atoms with Crippen molar-refractivity contribution in [2.45, 2.75) is 13.8 Å². The molecule has 1 aromatic heterocycles. The van der Waals surface area contributed by atoms with Gasteiger partial charge in [0.1, 0.15) is 0 Å². The van der Waals surface area contributed by atoms with E-state index in [-0.39, 0.29) is 0 Å². The molecule has 2 heterocycles. The summed E-state index contributed by atoms with van der Waals surface area (Å²) in [5.74, 6) is 0. The maximum atomic E-state index is 12.2. The molecule has 0 saturated carbocycles. The molecule has 0 atom stereocenters. The van der Waals surface area contributed by atoms with Crippen LogP contribution in [0.15, 0.2) is 6.07 Å². The van der Waals surface area contributed by atoms with E-state index in [1.54, 1.807) is 19.9 Å². The minimum absolute atomic E-state index is 0.390. The van der Waals surface area contributed by atoms with Gasteiger partial charge in [0, 0.05) is 13.1 Å². The molecule has 0 N–H and O–H groups in total. The lowest BCUT2D eigenvalue weighted by atomic mass is 10.4. The number of aryl methyl sites for hydroxylation is 2. The SMILES string of the molecule is Cc1cc(C)n(S(=O)(=O)N2CCOCC2)n1. The Balaban J connectivity index is 2.34. The summed E-state index contributed by atoms with van der Waals surface area (Å²) in [6.45, 7) is 5.18. The van der Waals surface area contributed by atoms with Gasteiger partial charge in [0.05, 0.1) is 24.6 Å². The maximum absolute atomic E-state index is 12.2. The summed E-state index contributed by atoms with van der Waals surface area (Å²) in [6.07, 6.45) is 0. The molecule has 0 radical (unpaired) electrons. The Hall–Kier alpha value is -0.920. The standard InChI is InChI=1S/C9H15N3O3S/c1-8-7-9(2)12(10-8)16(13,14)11-3-5-15-6-4-11/h7H,3-6H2,1-2H3. The first-order valence-corrected chi connectivity index (χ1v) is 6.53. The Bertz CT molecular complexity index is 474. The Morgan fingerprint density at radius 2 is 1.94 bits per heavy atom. The van der Waals surface area contributed by atoms with E-state index in [0.29, 0.717) is 37.7 Å². The van der Waals surface area contributed by atoms with E-state index in [0.717, 1.165) is 4.09 Å². The van der Waals surface area contributed by atoms with E-state index in [1.807, 2.05) is 0 Å². The first kappa shape index (κ1) is 11.6. The van der Waals surface area contributed by atoms with Crippen LogP contribution in [0, 0.1) is 13.8 Å². The van der Waals surface area contributed by atoms with Gasteiger partial charge >= 0.3 is 10.2 Å². The van der Waals surface area contributed by atoms with Crippen LogP contribution in [0.1, 0.15) is 11.4 Å². The van der Waals surface area contributed by atoms with Crippen LogP contribution in [0.25, 0.3) is 0 Å². The lowest BCUT2D eigenvalue weighted by molar-refractivity contribution is 0.0724. The minimum Gasteiger partial charge on any atom is -0.379 e. The predicted molar refractivity (Wildman–Crippen MR) is 58.4 cm³/mol. The summed E-state index contributed by atoms with van der Waals surface area (Å²) in [6, 6.07) is 1.75. The zero-order chi connectivity index (χ0) is 11.8. The molecule has 7 heteroatoms. The zero-order valence-electron chi connectivity index (χ0n) is 9.38. The number of hydrogen-bond donors (Lipinski definition) is 0. The molecule has 1 fully saturated rings. The number of aromatic nitrogens is 2. The molecule has 0 unspecified atom stereocenters.